The summed E-state index contributed by atoms with van der Waals surface area (Å²) in [6, 6.07) is 14.9. The standard InChI is InChI=1S/C23H21ClN2O5S/c1-14-12-21(22(31-3)13-20(14)24)25-23(28)17-4-8-18(9-5-17)26-32(29,30)19-10-6-16(7-11-19)15(2)27/h4-13,26H,1-3H3,(H,25,28). The molecule has 32 heavy (non-hydrogen) atoms. The predicted octanol–water partition coefficient (Wildman–Crippen LogP) is 4.91. The van der Waals surface area contributed by atoms with Crippen molar-refractivity contribution in [2.45, 2.75) is 18.7 Å². The molecule has 0 aliphatic rings. The topological polar surface area (TPSA) is 102 Å². The molecule has 0 radical (unpaired) electrons. The molecular formula is C23H21ClN2O5S. The Balaban J connectivity index is 1.74. The Kier molecular flexibility index (Phi) is 6.86. The fourth-order valence-corrected chi connectivity index (χ4v) is 4.11. The first kappa shape index (κ1) is 23.3. The molecule has 0 fully saturated rings. The second-order valence-corrected chi connectivity index (χ2v) is 9.11. The van der Waals surface area contributed by atoms with Crippen molar-refractivity contribution in [3.05, 3.63) is 82.4 Å². The molecular weight excluding hydrogens is 452 g/mol. The Hall–Kier alpha value is -3.36. The number of Topliss-reactive ketones (excluding diaryl/α,β-unsaturated/α-hetero) is 1. The van der Waals surface area contributed by atoms with Gasteiger partial charge in [-0.05, 0) is 61.9 Å². The van der Waals surface area contributed by atoms with Gasteiger partial charge in [-0.25, -0.2) is 8.42 Å². The van der Waals surface area contributed by atoms with Crippen LogP contribution in [0.1, 0.15) is 33.2 Å². The molecule has 0 saturated carbocycles. The van der Waals surface area contributed by atoms with Crippen molar-refractivity contribution in [3.8, 4) is 5.75 Å². The number of ether oxygens (including phenoxy) is 1. The largest absolute Gasteiger partial charge is 0.495 e. The molecule has 0 aromatic heterocycles. The number of carbonyl (C=O) groups is 2. The van der Waals surface area contributed by atoms with E-state index in [2.05, 4.69) is 10.0 Å². The van der Waals surface area contributed by atoms with E-state index in [1.165, 1.54) is 62.6 Å². The van der Waals surface area contributed by atoms with Gasteiger partial charge in [-0.3, -0.25) is 14.3 Å². The number of methoxy groups -OCH3 is 1. The zero-order valence-electron chi connectivity index (χ0n) is 17.6. The minimum atomic E-state index is -3.85. The van der Waals surface area contributed by atoms with Gasteiger partial charge in [0.25, 0.3) is 15.9 Å². The first-order valence-corrected chi connectivity index (χ1v) is 11.4. The van der Waals surface area contributed by atoms with E-state index in [1.54, 1.807) is 12.1 Å². The molecule has 0 bridgehead atoms. The van der Waals surface area contributed by atoms with Crippen molar-refractivity contribution in [2.75, 3.05) is 17.1 Å². The highest BCUT2D eigenvalue weighted by molar-refractivity contribution is 7.92. The summed E-state index contributed by atoms with van der Waals surface area (Å²) in [6.07, 6.45) is 0. The number of anilines is 2. The van der Waals surface area contributed by atoms with E-state index in [0.29, 0.717) is 27.6 Å². The van der Waals surface area contributed by atoms with Crippen LogP contribution in [0.15, 0.2) is 65.6 Å². The number of ketones is 1. The highest BCUT2D eigenvalue weighted by Crippen LogP contribution is 2.31. The Bertz CT molecular complexity index is 1270. The van der Waals surface area contributed by atoms with Crippen molar-refractivity contribution in [1.29, 1.82) is 0 Å². The van der Waals surface area contributed by atoms with E-state index < -0.39 is 10.0 Å². The minimum Gasteiger partial charge on any atom is -0.495 e. The Morgan fingerprint density at radius 3 is 2.09 bits per heavy atom. The first-order valence-electron chi connectivity index (χ1n) is 9.50. The number of carbonyl (C=O) groups excluding carboxylic acids is 2. The van der Waals surface area contributed by atoms with Gasteiger partial charge < -0.3 is 10.1 Å². The minimum absolute atomic E-state index is 0.0227. The summed E-state index contributed by atoms with van der Waals surface area (Å²) in [7, 11) is -2.37. The van der Waals surface area contributed by atoms with E-state index in [0.717, 1.165) is 5.56 Å². The molecule has 2 N–H and O–H groups in total. The van der Waals surface area contributed by atoms with Crippen LogP contribution in [0, 0.1) is 6.92 Å². The third kappa shape index (κ3) is 5.27. The van der Waals surface area contributed by atoms with Gasteiger partial charge in [-0.1, -0.05) is 23.7 Å². The van der Waals surface area contributed by atoms with Crippen LogP contribution in [0.2, 0.25) is 5.02 Å². The molecule has 7 nitrogen and oxygen atoms in total. The molecule has 0 atom stereocenters. The smallest absolute Gasteiger partial charge is 0.261 e. The molecule has 3 rings (SSSR count). The van der Waals surface area contributed by atoms with Crippen LogP contribution in [-0.2, 0) is 10.0 Å². The number of nitrogens with one attached hydrogen (secondary N) is 2. The maximum Gasteiger partial charge on any atom is 0.261 e. The number of hydrogen-bond donors (Lipinski definition) is 2. The van der Waals surface area contributed by atoms with Crippen LogP contribution in [0.3, 0.4) is 0 Å². The molecule has 3 aromatic carbocycles. The zero-order chi connectivity index (χ0) is 23.5. The summed E-state index contributed by atoms with van der Waals surface area (Å²) in [6.45, 7) is 3.22. The lowest BCUT2D eigenvalue weighted by Gasteiger charge is -2.13. The lowest BCUT2D eigenvalue weighted by Crippen LogP contribution is -2.15. The van der Waals surface area contributed by atoms with E-state index in [-0.39, 0.29) is 22.3 Å². The molecule has 0 spiro atoms. The Labute approximate surface area is 191 Å². The number of benzene rings is 3. The van der Waals surface area contributed by atoms with Crippen LogP contribution in [-0.4, -0.2) is 27.2 Å². The van der Waals surface area contributed by atoms with Crippen LogP contribution >= 0.6 is 11.6 Å². The highest BCUT2D eigenvalue weighted by atomic mass is 35.5. The average molecular weight is 473 g/mol. The third-order valence-electron chi connectivity index (χ3n) is 4.70. The second-order valence-electron chi connectivity index (χ2n) is 7.02. The van der Waals surface area contributed by atoms with E-state index >= 15 is 0 Å². The monoisotopic (exact) mass is 472 g/mol. The molecule has 0 saturated heterocycles. The average Bonchev–Trinajstić information content (AvgIpc) is 2.76. The van der Waals surface area contributed by atoms with Gasteiger partial charge >= 0.3 is 0 Å². The molecule has 3 aromatic rings. The predicted molar refractivity (Wildman–Crippen MR) is 124 cm³/mol. The molecule has 9 heteroatoms. The van der Waals surface area contributed by atoms with Gasteiger partial charge in [0.1, 0.15) is 5.75 Å². The fraction of sp³-hybridized carbons (Fsp3) is 0.130. The number of amides is 1. The van der Waals surface area contributed by atoms with Gasteiger partial charge in [-0.15, -0.1) is 0 Å². The summed E-state index contributed by atoms with van der Waals surface area (Å²) in [4.78, 5) is 24.0. The number of hydrogen-bond acceptors (Lipinski definition) is 5. The van der Waals surface area contributed by atoms with E-state index in [1.807, 2.05) is 6.92 Å². The summed E-state index contributed by atoms with van der Waals surface area (Å²) < 4.78 is 32.9. The quantitative estimate of drug-likeness (QED) is 0.475. The first-order chi connectivity index (χ1) is 15.1. The molecule has 0 unspecified atom stereocenters. The van der Waals surface area contributed by atoms with Crippen LogP contribution < -0.4 is 14.8 Å². The van der Waals surface area contributed by atoms with Gasteiger partial charge in [0.15, 0.2) is 5.78 Å². The van der Waals surface area contributed by atoms with Crippen molar-refractivity contribution < 1.29 is 22.7 Å². The van der Waals surface area contributed by atoms with Crippen LogP contribution in [0.5, 0.6) is 5.75 Å². The highest BCUT2D eigenvalue weighted by Gasteiger charge is 2.16. The zero-order valence-corrected chi connectivity index (χ0v) is 19.2. The molecule has 166 valence electrons. The SMILES string of the molecule is COc1cc(Cl)c(C)cc1NC(=O)c1ccc(NS(=O)(=O)c2ccc(C(C)=O)cc2)cc1. The van der Waals surface area contributed by atoms with Crippen molar-refractivity contribution in [3.63, 3.8) is 0 Å². The second kappa shape index (κ2) is 9.42. The van der Waals surface area contributed by atoms with Crippen molar-refractivity contribution >= 4 is 44.7 Å². The van der Waals surface area contributed by atoms with Gasteiger partial charge in [-0.2, -0.15) is 0 Å². The number of rotatable bonds is 7. The van der Waals surface area contributed by atoms with Gasteiger partial charge in [0.2, 0.25) is 0 Å². The normalized spacial score (nSPS) is 11.0. The fourth-order valence-electron chi connectivity index (χ4n) is 2.90. The van der Waals surface area contributed by atoms with E-state index in [4.69, 9.17) is 16.3 Å². The molecule has 0 aliphatic carbocycles. The van der Waals surface area contributed by atoms with E-state index in [9.17, 15) is 18.0 Å². The number of sulfonamides is 1. The van der Waals surface area contributed by atoms with Crippen LogP contribution in [0.4, 0.5) is 11.4 Å². The van der Waals surface area contributed by atoms with Crippen molar-refractivity contribution in [1.82, 2.24) is 0 Å². The molecule has 0 heterocycles. The molecule has 0 aliphatic heterocycles. The third-order valence-corrected chi connectivity index (χ3v) is 6.50. The van der Waals surface area contributed by atoms with Gasteiger partial charge in [0, 0.05) is 27.9 Å². The lowest BCUT2D eigenvalue weighted by molar-refractivity contribution is 0.101. The summed E-state index contributed by atoms with van der Waals surface area (Å²) >= 11 is 6.09. The maximum atomic E-state index is 12.6. The summed E-state index contributed by atoms with van der Waals surface area (Å²) in [5.74, 6) is -0.115. The van der Waals surface area contributed by atoms with Gasteiger partial charge in [0.05, 0.1) is 17.7 Å². The summed E-state index contributed by atoms with van der Waals surface area (Å²) in [5, 5.41) is 3.29. The number of halogens is 1. The van der Waals surface area contributed by atoms with Crippen LogP contribution in [0.25, 0.3) is 0 Å². The Morgan fingerprint density at radius 2 is 1.53 bits per heavy atom. The molecule has 1 amide bonds. The Morgan fingerprint density at radius 1 is 0.938 bits per heavy atom. The number of aryl methyl sites for hydroxylation is 1. The summed E-state index contributed by atoms with van der Waals surface area (Å²) in [5.41, 5.74) is 2.29. The maximum absolute atomic E-state index is 12.6. The van der Waals surface area contributed by atoms with Crippen molar-refractivity contribution in [2.24, 2.45) is 0 Å². The lowest BCUT2D eigenvalue weighted by atomic mass is 10.1.